The third-order valence-corrected chi connectivity index (χ3v) is 4.25. The molecule has 1 aromatic carbocycles. The number of thioether (sulfide) groups is 1. The van der Waals surface area contributed by atoms with Gasteiger partial charge in [-0.2, -0.15) is 0 Å². The van der Waals surface area contributed by atoms with Crippen LogP contribution in [0.5, 0.6) is 5.75 Å². The first-order chi connectivity index (χ1) is 11.7. The number of benzene rings is 1. The number of hydrogen-bond acceptors (Lipinski definition) is 6. The number of carbonyl (C=O) groups is 1. The molecule has 7 heteroatoms. The smallest absolute Gasteiger partial charge is 0.354 e. The molecule has 124 valence electrons. The molecule has 0 atom stereocenters. The molecule has 0 amide bonds. The molecule has 0 fully saturated rings. The molecule has 2 heterocycles. The van der Waals surface area contributed by atoms with Gasteiger partial charge < -0.3 is 14.0 Å². The van der Waals surface area contributed by atoms with Crippen LogP contribution in [0.1, 0.15) is 16.1 Å². The number of carbonyl (C=O) groups excluding carboxylic acids is 1. The first-order valence-corrected chi connectivity index (χ1v) is 8.50. The Morgan fingerprint density at radius 2 is 2.00 bits per heavy atom. The molecule has 24 heavy (non-hydrogen) atoms. The van der Waals surface area contributed by atoms with Crippen LogP contribution in [0.25, 0.3) is 11.0 Å². The van der Waals surface area contributed by atoms with Crippen LogP contribution < -0.4 is 4.74 Å². The molecule has 2 aromatic heterocycles. The molecule has 6 nitrogen and oxygen atoms in total. The highest BCUT2D eigenvalue weighted by Gasteiger charge is 2.18. The topological polar surface area (TPSA) is 66.2 Å². The molecule has 0 aliphatic heterocycles. The van der Waals surface area contributed by atoms with E-state index >= 15 is 0 Å². The van der Waals surface area contributed by atoms with Crippen LogP contribution in [0.15, 0.2) is 41.7 Å². The molecule has 0 spiro atoms. The van der Waals surface area contributed by atoms with Crippen molar-refractivity contribution in [1.82, 2.24) is 14.5 Å². The number of nitrogens with zero attached hydrogens (tertiary/aromatic N) is 3. The average Bonchev–Trinajstić information content (AvgIpc) is 2.99. The Hall–Kier alpha value is -2.54. The Balaban J connectivity index is 2.09. The van der Waals surface area contributed by atoms with E-state index in [0.717, 1.165) is 16.7 Å². The van der Waals surface area contributed by atoms with Gasteiger partial charge in [-0.1, -0.05) is 23.9 Å². The lowest BCUT2D eigenvalue weighted by molar-refractivity contribution is 0.0589. The van der Waals surface area contributed by atoms with E-state index in [1.54, 1.807) is 19.4 Å². The molecule has 0 aliphatic rings. The molecule has 3 rings (SSSR count). The van der Waals surface area contributed by atoms with Gasteiger partial charge in [0.25, 0.3) is 0 Å². The van der Waals surface area contributed by atoms with Crippen LogP contribution >= 0.6 is 11.8 Å². The van der Waals surface area contributed by atoms with E-state index in [4.69, 9.17) is 9.47 Å². The Morgan fingerprint density at radius 1 is 1.25 bits per heavy atom. The Kier molecular flexibility index (Phi) is 4.71. The highest BCUT2D eigenvalue weighted by Crippen LogP contribution is 2.23. The fourth-order valence-corrected chi connectivity index (χ4v) is 2.81. The van der Waals surface area contributed by atoms with Gasteiger partial charge in [-0.25, -0.2) is 14.8 Å². The number of ether oxygens (including phenoxy) is 2. The second-order valence-corrected chi connectivity index (χ2v) is 5.86. The van der Waals surface area contributed by atoms with Gasteiger partial charge in [0.15, 0.2) is 5.16 Å². The van der Waals surface area contributed by atoms with Crippen LogP contribution in [-0.2, 0) is 11.3 Å². The minimum Gasteiger partial charge on any atom is -0.497 e. The minimum absolute atomic E-state index is 0.396. The van der Waals surface area contributed by atoms with Crippen molar-refractivity contribution in [3.05, 3.63) is 47.8 Å². The van der Waals surface area contributed by atoms with Gasteiger partial charge in [0.2, 0.25) is 0 Å². The summed E-state index contributed by atoms with van der Waals surface area (Å²) in [5.41, 5.74) is 2.20. The number of methoxy groups -OCH3 is 2. The van der Waals surface area contributed by atoms with E-state index in [1.165, 1.54) is 18.9 Å². The SMILES string of the molecule is COC(=O)c1cc2cnc(SC)nc2n1Cc1ccc(OC)cc1. The van der Waals surface area contributed by atoms with Gasteiger partial charge in [0, 0.05) is 18.1 Å². The van der Waals surface area contributed by atoms with Crippen molar-refractivity contribution in [2.24, 2.45) is 0 Å². The summed E-state index contributed by atoms with van der Waals surface area (Å²) >= 11 is 1.46. The molecule has 0 saturated heterocycles. The maximum Gasteiger partial charge on any atom is 0.354 e. The molecule has 0 saturated carbocycles. The normalized spacial score (nSPS) is 10.8. The van der Waals surface area contributed by atoms with Crippen molar-refractivity contribution < 1.29 is 14.3 Å². The number of esters is 1. The van der Waals surface area contributed by atoms with Crippen molar-refractivity contribution in [2.45, 2.75) is 11.7 Å². The Morgan fingerprint density at radius 3 is 2.62 bits per heavy atom. The second kappa shape index (κ2) is 6.92. The third-order valence-electron chi connectivity index (χ3n) is 3.69. The number of hydrogen-bond donors (Lipinski definition) is 0. The monoisotopic (exact) mass is 343 g/mol. The summed E-state index contributed by atoms with van der Waals surface area (Å²) in [5, 5.41) is 1.47. The summed E-state index contributed by atoms with van der Waals surface area (Å²) in [6.07, 6.45) is 3.64. The van der Waals surface area contributed by atoms with Crippen molar-refractivity contribution in [2.75, 3.05) is 20.5 Å². The molecule has 0 N–H and O–H groups in total. The maximum atomic E-state index is 12.1. The molecular weight excluding hydrogens is 326 g/mol. The van der Waals surface area contributed by atoms with E-state index in [2.05, 4.69) is 9.97 Å². The van der Waals surface area contributed by atoms with E-state index in [1.807, 2.05) is 35.1 Å². The summed E-state index contributed by atoms with van der Waals surface area (Å²) in [6.45, 7) is 0.503. The van der Waals surface area contributed by atoms with Crippen molar-refractivity contribution in [3.63, 3.8) is 0 Å². The van der Waals surface area contributed by atoms with Gasteiger partial charge in [0.05, 0.1) is 14.2 Å². The van der Waals surface area contributed by atoms with E-state index < -0.39 is 5.97 Å². The molecule has 0 radical (unpaired) electrons. The summed E-state index contributed by atoms with van der Waals surface area (Å²) < 4.78 is 11.9. The molecule has 0 unspecified atom stereocenters. The largest absolute Gasteiger partial charge is 0.497 e. The highest BCUT2D eigenvalue weighted by atomic mass is 32.2. The first kappa shape index (κ1) is 16.3. The maximum absolute atomic E-state index is 12.1. The van der Waals surface area contributed by atoms with Crippen LogP contribution in [-0.4, -0.2) is 41.0 Å². The van der Waals surface area contributed by atoms with Crippen molar-refractivity contribution in [3.8, 4) is 5.75 Å². The predicted molar refractivity (Wildman–Crippen MR) is 92.7 cm³/mol. The lowest BCUT2D eigenvalue weighted by Gasteiger charge is -2.10. The molecular formula is C17H17N3O3S. The molecule has 0 aliphatic carbocycles. The van der Waals surface area contributed by atoms with Gasteiger partial charge in [-0.05, 0) is 30.0 Å². The Bertz CT molecular complexity index is 875. The van der Waals surface area contributed by atoms with E-state index in [0.29, 0.717) is 23.0 Å². The van der Waals surface area contributed by atoms with Gasteiger partial charge in [0.1, 0.15) is 17.1 Å². The number of rotatable bonds is 5. The highest BCUT2D eigenvalue weighted by molar-refractivity contribution is 7.98. The van der Waals surface area contributed by atoms with Gasteiger partial charge >= 0.3 is 5.97 Å². The lowest BCUT2D eigenvalue weighted by atomic mass is 10.2. The van der Waals surface area contributed by atoms with Gasteiger partial charge in [-0.15, -0.1) is 0 Å². The average molecular weight is 343 g/mol. The quantitative estimate of drug-likeness (QED) is 0.403. The van der Waals surface area contributed by atoms with Crippen LogP contribution in [0.3, 0.4) is 0 Å². The number of fused-ring (bicyclic) bond motifs is 1. The van der Waals surface area contributed by atoms with Crippen molar-refractivity contribution >= 4 is 28.8 Å². The fourth-order valence-electron chi connectivity index (χ4n) is 2.47. The standard InChI is InChI=1S/C17H17N3O3S/c1-22-13-6-4-11(5-7-13)10-20-14(16(21)23-2)8-12-9-18-17(24-3)19-15(12)20/h4-9H,10H2,1-3H3. The van der Waals surface area contributed by atoms with Crippen LogP contribution in [0.2, 0.25) is 0 Å². The lowest BCUT2D eigenvalue weighted by Crippen LogP contribution is -2.12. The first-order valence-electron chi connectivity index (χ1n) is 7.27. The zero-order valence-electron chi connectivity index (χ0n) is 13.6. The van der Waals surface area contributed by atoms with Crippen molar-refractivity contribution in [1.29, 1.82) is 0 Å². The van der Waals surface area contributed by atoms with E-state index in [9.17, 15) is 4.79 Å². The second-order valence-electron chi connectivity index (χ2n) is 5.09. The molecule has 3 aromatic rings. The summed E-state index contributed by atoms with van der Waals surface area (Å²) in [5.74, 6) is 0.392. The Labute approximate surface area is 143 Å². The summed E-state index contributed by atoms with van der Waals surface area (Å²) in [4.78, 5) is 20.9. The minimum atomic E-state index is -0.396. The fraction of sp³-hybridized carbons (Fsp3) is 0.235. The zero-order chi connectivity index (χ0) is 17.1. The molecule has 0 bridgehead atoms. The third kappa shape index (κ3) is 3.07. The van der Waals surface area contributed by atoms with E-state index in [-0.39, 0.29) is 0 Å². The summed E-state index contributed by atoms with van der Waals surface area (Å²) in [7, 11) is 3.00. The predicted octanol–water partition coefficient (Wildman–Crippen LogP) is 3.00. The summed E-state index contributed by atoms with van der Waals surface area (Å²) in [6, 6.07) is 9.46. The zero-order valence-corrected chi connectivity index (χ0v) is 14.5. The van der Waals surface area contributed by atoms with Crippen LogP contribution in [0.4, 0.5) is 0 Å². The van der Waals surface area contributed by atoms with Crippen LogP contribution in [0, 0.1) is 0 Å². The van der Waals surface area contributed by atoms with Gasteiger partial charge in [-0.3, -0.25) is 0 Å². The number of aromatic nitrogens is 3.